The summed E-state index contributed by atoms with van der Waals surface area (Å²) in [5.74, 6) is -5.70. The van der Waals surface area contributed by atoms with E-state index in [4.69, 9.17) is 21.7 Å². The molecule has 0 aliphatic carbocycles. The first-order valence-electron chi connectivity index (χ1n) is 8.31. The summed E-state index contributed by atoms with van der Waals surface area (Å²) in [7, 11) is 0. The molecule has 9 N–H and O–H groups in total. The van der Waals surface area contributed by atoms with Crippen LogP contribution >= 0.6 is 0 Å². The van der Waals surface area contributed by atoms with E-state index >= 15 is 0 Å². The van der Waals surface area contributed by atoms with Crippen LogP contribution in [0.25, 0.3) is 0 Å². The third-order valence-corrected chi connectivity index (χ3v) is 3.53. The molecular weight excluding hydrogens is 378 g/mol. The molecule has 0 rings (SSSR count). The summed E-state index contributed by atoms with van der Waals surface area (Å²) < 4.78 is 0. The number of hydrogen-bond acceptors (Lipinski definition) is 7. The number of hydrogen-bond donors (Lipinski definition) is 7. The van der Waals surface area contributed by atoms with Crippen LogP contribution in [0.3, 0.4) is 0 Å². The van der Waals surface area contributed by atoms with E-state index in [-0.39, 0.29) is 19.3 Å². The molecule has 4 amide bonds. The lowest BCUT2D eigenvalue weighted by Gasteiger charge is -2.22. The lowest BCUT2D eigenvalue weighted by atomic mass is 10.1. The second-order valence-electron chi connectivity index (χ2n) is 5.89. The number of rotatable bonds is 13. The number of nitrogens with two attached hydrogens (primary N) is 2. The average Bonchev–Trinajstić information content (AvgIpc) is 2.60. The molecule has 0 aromatic rings. The summed E-state index contributed by atoms with van der Waals surface area (Å²) >= 11 is 0. The van der Waals surface area contributed by atoms with Crippen LogP contribution in [0.15, 0.2) is 0 Å². The van der Waals surface area contributed by atoms with Crippen molar-refractivity contribution >= 4 is 35.6 Å². The van der Waals surface area contributed by atoms with Gasteiger partial charge in [-0.2, -0.15) is 0 Å². The van der Waals surface area contributed by atoms with E-state index in [9.17, 15) is 28.8 Å². The lowest BCUT2D eigenvalue weighted by Crippen LogP contribution is -2.55. The van der Waals surface area contributed by atoms with Crippen molar-refractivity contribution in [3.8, 4) is 0 Å². The molecule has 0 bridgehead atoms. The molecule has 13 heteroatoms. The summed E-state index contributed by atoms with van der Waals surface area (Å²) in [5, 5.41) is 24.4. The van der Waals surface area contributed by atoms with Gasteiger partial charge in [-0.1, -0.05) is 0 Å². The molecule has 0 heterocycles. The third-order valence-electron chi connectivity index (χ3n) is 3.53. The normalized spacial score (nSPS) is 13.5. The van der Waals surface area contributed by atoms with Gasteiger partial charge in [0, 0.05) is 12.8 Å². The first-order chi connectivity index (χ1) is 13.0. The Morgan fingerprint density at radius 2 is 1.43 bits per heavy atom. The fraction of sp³-hybridized carbons (Fsp3) is 0.600. The molecule has 0 aliphatic heterocycles. The number of primary amides is 1. The molecule has 0 fully saturated rings. The molecule has 13 nitrogen and oxygen atoms in total. The van der Waals surface area contributed by atoms with Crippen LogP contribution in [0.2, 0.25) is 0 Å². The van der Waals surface area contributed by atoms with Crippen molar-refractivity contribution in [3.63, 3.8) is 0 Å². The average molecular weight is 403 g/mol. The molecule has 158 valence electrons. The Balaban J connectivity index is 4.91. The topological polar surface area (TPSA) is 231 Å². The van der Waals surface area contributed by atoms with Crippen LogP contribution in [-0.2, 0) is 28.8 Å². The highest BCUT2D eigenvalue weighted by Gasteiger charge is 2.27. The van der Waals surface area contributed by atoms with E-state index in [0.29, 0.717) is 0 Å². The van der Waals surface area contributed by atoms with E-state index in [1.54, 1.807) is 0 Å². The summed E-state index contributed by atoms with van der Waals surface area (Å²) in [6.07, 6.45) is -1.15. The molecule has 3 unspecified atom stereocenters. The predicted octanol–water partition coefficient (Wildman–Crippen LogP) is -3.37. The fourth-order valence-electron chi connectivity index (χ4n) is 2.01. The number of carboxylic acids is 2. The van der Waals surface area contributed by atoms with E-state index in [1.165, 1.54) is 6.92 Å². The largest absolute Gasteiger partial charge is 0.481 e. The van der Waals surface area contributed by atoms with Crippen LogP contribution < -0.4 is 27.4 Å². The standard InChI is InChI=1S/C15H25N5O8/c1-7(13(25)20-9(15(27)28)2-4-10(17)21)18-14(26)8(3-5-12(23)24)19-11(22)6-16/h7-9H,2-6,16H2,1H3,(H2,17,21)(H,18,26)(H,19,22)(H,20,25)(H,23,24)(H,27,28). The smallest absolute Gasteiger partial charge is 0.326 e. The first-order valence-corrected chi connectivity index (χ1v) is 8.31. The summed E-state index contributed by atoms with van der Waals surface area (Å²) in [5.41, 5.74) is 10.1. The van der Waals surface area contributed by atoms with Crippen molar-refractivity contribution in [2.45, 2.75) is 50.7 Å². The maximum absolute atomic E-state index is 12.2. The van der Waals surface area contributed by atoms with Gasteiger partial charge >= 0.3 is 11.9 Å². The third kappa shape index (κ3) is 10.1. The maximum Gasteiger partial charge on any atom is 0.326 e. The van der Waals surface area contributed by atoms with E-state index in [1.807, 2.05) is 0 Å². The van der Waals surface area contributed by atoms with Gasteiger partial charge in [0.25, 0.3) is 0 Å². The molecule has 0 aliphatic rings. The minimum Gasteiger partial charge on any atom is -0.481 e. The van der Waals surface area contributed by atoms with Crippen LogP contribution in [0.1, 0.15) is 32.6 Å². The van der Waals surface area contributed by atoms with Crippen molar-refractivity contribution in [1.82, 2.24) is 16.0 Å². The summed E-state index contributed by atoms with van der Waals surface area (Å²) in [4.78, 5) is 68.3. The lowest BCUT2D eigenvalue weighted by molar-refractivity contribution is -0.142. The van der Waals surface area contributed by atoms with Gasteiger partial charge in [0.05, 0.1) is 6.54 Å². The van der Waals surface area contributed by atoms with Crippen LogP contribution in [-0.4, -0.2) is 70.5 Å². The Labute approximate surface area is 160 Å². The Morgan fingerprint density at radius 3 is 1.89 bits per heavy atom. The minimum atomic E-state index is -1.39. The highest BCUT2D eigenvalue weighted by Crippen LogP contribution is 2.01. The van der Waals surface area contributed by atoms with Crippen molar-refractivity contribution in [3.05, 3.63) is 0 Å². The van der Waals surface area contributed by atoms with Crippen molar-refractivity contribution in [1.29, 1.82) is 0 Å². The van der Waals surface area contributed by atoms with E-state index in [2.05, 4.69) is 16.0 Å². The van der Waals surface area contributed by atoms with Crippen LogP contribution in [0.4, 0.5) is 0 Å². The Hall–Kier alpha value is -3.22. The van der Waals surface area contributed by atoms with Crippen molar-refractivity contribution in [2.24, 2.45) is 11.5 Å². The highest BCUT2D eigenvalue weighted by atomic mass is 16.4. The fourth-order valence-corrected chi connectivity index (χ4v) is 2.01. The molecular formula is C15H25N5O8. The SMILES string of the molecule is CC(NC(=O)C(CCC(=O)O)NC(=O)CN)C(=O)NC(CCC(N)=O)C(=O)O. The highest BCUT2D eigenvalue weighted by molar-refractivity contribution is 5.93. The Morgan fingerprint density at radius 1 is 0.857 bits per heavy atom. The summed E-state index contributed by atoms with van der Waals surface area (Å²) in [6, 6.07) is -3.84. The van der Waals surface area contributed by atoms with Crippen molar-refractivity contribution in [2.75, 3.05) is 6.54 Å². The van der Waals surface area contributed by atoms with Gasteiger partial charge in [-0.25, -0.2) is 4.79 Å². The molecule has 0 saturated carbocycles. The molecule has 3 atom stereocenters. The number of aliphatic carboxylic acids is 2. The molecule has 28 heavy (non-hydrogen) atoms. The molecule has 0 spiro atoms. The van der Waals surface area contributed by atoms with Gasteiger partial charge in [0.1, 0.15) is 18.1 Å². The maximum atomic E-state index is 12.2. The first kappa shape index (κ1) is 24.8. The number of carboxylic acid groups (broad SMARTS) is 2. The molecule has 0 radical (unpaired) electrons. The Bertz CT molecular complexity index is 624. The predicted molar refractivity (Wildman–Crippen MR) is 93.5 cm³/mol. The van der Waals surface area contributed by atoms with Gasteiger partial charge in [0.15, 0.2) is 0 Å². The van der Waals surface area contributed by atoms with E-state index < -0.39 is 66.7 Å². The summed E-state index contributed by atoms with van der Waals surface area (Å²) in [6.45, 7) is 0.840. The number of carbonyl (C=O) groups is 6. The number of amides is 4. The van der Waals surface area contributed by atoms with Gasteiger partial charge in [-0.05, 0) is 19.8 Å². The van der Waals surface area contributed by atoms with Gasteiger partial charge in [-0.3, -0.25) is 24.0 Å². The Kier molecular flexibility index (Phi) is 10.8. The van der Waals surface area contributed by atoms with Gasteiger partial charge in [-0.15, -0.1) is 0 Å². The molecule has 0 aromatic carbocycles. The molecule has 0 aromatic heterocycles. The molecule has 0 saturated heterocycles. The van der Waals surface area contributed by atoms with Gasteiger partial charge in [0.2, 0.25) is 23.6 Å². The quantitative estimate of drug-likeness (QED) is 0.162. The zero-order valence-electron chi connectivity index (χ0n) is 15.3. The van der Waals surface area contributed by atoms with Crippen molar-refractivity contribution < 1.29 is 39.0 Å². The zero-order valence-corrected chi connectivity index (χ0v) is 15.3. The zero-order chi connectivity index (χ0) is 21.9. The minimum absolute atomic E-state index is 0.231. The monoisotopic (exact) mass is 403 g/mol. The second-order valence-corrected chi connectivity index (χ2v) is 5.89. The van der Waals surface area contributed by atoms with Crippen LogP contribution in [0.5, 0.6) is 0 Å². The second kappa shape index (κ2) is 12.2. The van der Waals surface area contributed by atoms with E-state index in [0.717, 1.165) is 0 Å². The number of carbonyl (C=O) groups excluding carboxylic acids is 4. The van der Waals surface area contributed by atoms with Crippen LogP contribution in [0, 0.1) is 0 Å². The number of nitrogens with one attached hydrogen (secondary N) is 3. The van der Waals surface area contributed by atoms with Gasteiger partial charge < -0.3 is 37.6 Å².